The highest BCUT2D eigenvalue weighted by atomic mass is 19.1. The fourth-order valence-corrected chi connectivity index (χ4v) is 3.44. The first-order valence-corrected chi connectivity index (χ1v) is 12.4. The number of aryl methyl sites for hydroxylation is 1. The number of carbonyl (C=O) groups is 2. The van der Waals surface area contributed by atoms with E-state index in [1.165, 1.54) is 24.0 Å². The molecule has 1 amide bonds. The monoisotopic (exact) mass is 525 g/mol. The van der Waals surface area contributed by atoms with Crippen LogP contribution in [0.1, 0.15) is 26.6 Å². The van der Waals surface area contributed by atoms with Crippen molar-refractivity contribution in [1.29, 1.82) is 0 Å². The molecule has 0 saturated carbocycles. The van der Waals surface area contributed by atoms with E-state index >= 15 is 0 Å². The summed E-state index contributed by atoms with van der Waals surface area (Å²) in [6.45, 7) is 15.1. The number of halogens is 1. The van der Waals surface area contributed by atoms with Crippen molar-refractivity contribution < 1.29 is 18.7 Å². The maximum atomic E-state index is 14.9. The largest absolute Gasteiger partial charge is 0.443 e. The first-order valence-electron chi connectivity index (χ1n) is 12.4. The molecule has 1 fully saturated rings. The van der Waals surface area contributed by atoms with E-state index in [-0.39, 0.29) is 6.10 Å². The first kappa shape index (κ1) is 32.2. The van der Waals surface area contributed by atoms with Crippen LogP contribution in [0.3, 0.4) is 0 Å². The molecule has 2 heterocycles. The minimum absolute atomic E-state index is 0.277. The Hall–Kier alpha value is -3.78. The highest BCUT2D eigenvalue weighted by molar-refractivity contribution is 5.73. The predicted octanol–water partition coefficient (Wildman–Crippen LogP) is 4.32. The fourth-order valence-electron chi connectivity index (χ4n) is 3.44. The fraction of sp³-hybridized carbons (Fsp3) is 0.379. The predicted molar refractivity (Wildman–Crippen MR) is 150 cm³/mol. The summed E-state index contributed by atoms with van der Waals surface area (Å²) in [5.41, 5.74) is 5.36. The highest BCUT2D eigenvalue weighted by Crippen LogP contribution is 2.20. The van der Waals surface area contributed by atoms with Crippen LogP contribution in [-0.2, 0) is 23.0 Å². The number of nitrogens with one attached hydrogen (secondary N) is 2. The maximum absolute atomic E-state index is 14.9. The van der Waals surface area contributed by atoms with Crippen LogP contribution < -0.4 is 10.6 Å². The van der Waals surface area contributed by atoms with Crippen molar-refractivity contribution >= 4 is 12.4 Å². The molecule has 1 aliphatic rings. The second-order valence-electron chi connectivity index (χ2n) is 8.48. The average molecular weight is 526 g/mol. The number of allylic oxidation sites excluding steroid dienone is 7. The Kier molecular flexibility index (Phi) is 15.0. The third-order valence-corrected chi connectivity index (χ3v) is 5.55. The molecule has 1 aromatic rings. The molecule has 0 aliphatic carbocycles. The van der Waals surface area contributed by atoms with Gasteiger partial charge in [0.2, 0.25) is 0 Å². The normalized spacial score (nSPS) is 16.0. The van der Waals surface area contributed by atoms with Gasteiger partial charge in [0, 0.05) is 51.6 Å². The van der Waals surface area contributed by atoms with Crippen molar-refractivity contribution in [3.8, 4) is 0 Å². The Balaban J connectivity index is 0.00000229. The minimum Gasteiger partial charge on any atom is -0.443 e. The highest BCUT2D eigenvalue weighted by Gasteiger charge is 2.32. The molecular formula is C29H40FN5O3. The maximum Gasteiger partial charge on any atom is 0.415 e. The Bertz CT molecular complexity index is 1120. The number of cyclic esters (lactones) is 1. The first-order chi connectivity index (χ1) is 18.2. The number of aromatic nitrogens is 2. The van der Waals surface area contributed by atoms with Crippen LogP contribution in [0.4, 0.5) is 9.18 Å². The van der Waals surface area contributed by atoms with Crippen LogP contribution >= 0.6 is 0 Å². The van der Waals surface area contributed by atoms with E-state index in [0.717, 1.165) is 30.6 Å². The van der Waals surface area contributed by atoms with E-state index in [1.807, 2.05) is 36.9 Å². The molecule has 0 bridgehead atoms. The lowest BCUT2D eigenvalue weighted by Crippen LogP contribution is -2.28. The number of hydrogen-bond acceptors (Lipinski definition) is 6. The van der Waals surface area contributed by atoms with Gasteiger partial charge in [0.1, 0.15) is 24.0 Å². The summed E-state index contributed by atoms with van der Waals surface area (Å²) in [4.78, 5) is 26.6. The van der Waals surface area contributed by atoms with E-state index in [1.54, 1.807) is 26.2 Å². The lowest BCUT2D eigenvalue weighted by Gasteiger charge is -2.11. The molecular weight excluding hydrogens is 485 g/mol. The lowest BCUT2D eigenvalue weighted by molar-refractivity contribution is -0.106. The zero-order valence-corrected chi connectivity index (χ0v) is 23.1. The van der Waals surface area contributed by atoms with Gasteiger partial charge >= 0.3 is 6.09 Å². The second kappa shape index (κ2) is 17.6. The molecule has 206 valence electrons. The van der Waals surface area contributed by atoms with Crippen LogP contribution in [0, 0.1) is 0 Å². The van der Waals surface area contributed by atoms with Crippen LogP contribution in [0.15, 0.2) is 89.9 Å². The van der Waals surface area contributed by atoms with Gasteiger partial charge in [-0.1, -0.05) is 42.7 Å². The van der Waals surface area contributed by atoms with Gasteiger partial charge < -0.3 is 24.7 Å². The second-order valence-corrected chi connectivity index (χ2v) is 8.48. The van der Waals surface area contributed by atoms with Crippen molar-refractivity contribution in [2.45, 2.75) is 33.3 Å². The number of amides is 1. The number of rotatable bonds is 13. The van der Waals surface area contributed by atoms with Crippen molar-refractivity contribution in [3.05, 3.63) is 95.7 Å². The van der Waals surface area contributed by atoms with Crippen molar-refractivity contribution in [3.63, 3.8) is 0 Å². The number of hydrogen-bond donors (Lipinski definition) is 2. The van der Waals surface area contributed by atoms with Gasteiger partial charge in [0.15, 0.2) is 0 Å². The van der Waals surface area contributed by atoms with Crippen LogP contribution in [0.2, 0.25) is 0 Å². The average Bonchev–Trinajstić information content (AvgIpc) is 3.47. The van der Waals surface area contributed by atoms with Gasteiger partial charge in [-0.05, 0) is 45.0 Å². The zero-order valence-electron chi connectivity index (χ0n) is 23.1. The molecule has 0 radical (unpaired) electrons. The molecule has 1 aromatic heterocycles. The summed E-state index contributed by atoms with van der Waals surface area (Å²) in [6.07, 6.45) is 12.6. The van der Waals surface area contributed by atoms with Gasteiger partial charge in [0.25, 0.3) is 0 Å². The lowest BCUT2D eigenvalue weighted by atomic mass is 10.1. The summed E-state index contributed by atoms with van der Waals surface area (Å²) in [5, 5.41) is 6.36. The molecule has 1 unspecified atom stereocenters. The number of imidazole rings is 1. The van der Waals surface area contributed by atoms with Crippen LogP contribution in [0.25, 0.3) is 0 Å². The van der Waals surface area contributed by atoms with E-state index in [4.69, 9.17) is 9.53 Å². The van der Waals surface area contributed by atoms with Crippen molar-refractivity contribution in [2.75, 3.05) is 33.2 Å². The number of nitrogens with zero attached hydrogens (tertiary/aromatic N) is 3. The van der Waals surface area contributed by atoms with Gasteiger partial charge in [-0.2, -0.15) is 0 Å². The number of ether oxygens (including phenoxy) is 1. The smallest absolute Gasteiger partial charge is 0.415 e. The molecule has 1 aliphatic heterocycles. The summed E-state index contributed by atoms with van der Waals surface area (Å²) < 4.78 is 22.2. The number of aldehydes is 1. The zero-order chi connectivity index (χ0) is 28.5. The van der Waals surface area contributed by atoms with Gasteiger partial charge in [-0.3, -0.25) is 4.90 Å². The van der Waals surface area contributed by atoms with Crippen LogP contribution in [-0.4, -0.2) is 66.2 Å². The molecule has 0 aromatic carbocycles. The summed E-state index contributed by atoms with van der Waals surface area (Å²) in [6, 6.07) is 0. The molecule has 1 saturated heterocycles. The number of carbonyl (C=O) groups excluding carboxylic acids is 2. The van der Waals surface area contributed by atoms with Crippen molar-refractivity contribution in [1.82, 2.24) is 25.1 Å². The topological polar surface area (TPSA) is 88.5 Å². The van der Waals surface area contributed by atoms with E-state index in [2.05, 4.69) is 34.5 Å². The molecule has 9 heteroatoms. The standard InChI is InChI=1S/C27H36FN5O2.C2H4O/c1-7-22(10-9-20(3)17-30-14-13-26-31-15-16-32(26)6)21(4)25(28)12-11-23(8-2)33-19-24(18-29-5)35-27(33)34;1-2-3/h7-10,12,15-16,24,29-30H,1-2,13-14,17-19H2,3-6H3;2H,1H3/b20-9+,22-10+,25-21-;. The third kappa shape index (κ3) is 10.7. The van der Waals surface area contributed by atoms with Gasteiger partial charge in [-0.15, -0.1) is 0 Å². The Morgan fingerprint density at radius 1 is 1.32 bits per heavy atom. The van der Waals surface area contributed by atoms with E-state index < -0.39 is 11.9 Å². The Labute approximate surface area is 225 Å². The molecule has 2 N–H and O–H groups in total. The third-order valence-electron chi connectivity index (χ3n) is 5.55. The van der Waals surface area contributed by atoms with Gasteiger partial charge in [0.05, 0.1) is 12.2 Å². The summed E-state index contributed by atoms with van der Waals surface area (Å²) >= 11 is 0. The SMILES string of the molecule is C=CC(=C=C/C(F)=C(C)/C(C=C)=C/C=C(\C)CNCCc1nccn1C)N1CC(CNC)OC1=O.CC=O. The van der Waals surface area contributed by atoms with Crippen molar-refractivity contribution in [2.24, 2.45) is 7.05 Å². The molecule has 2 rings (SSSR count). The molecule has 38 heavy (non-hydrogen) atoms. The Morgan fingerprint density at radius 3 is 2.61 bits per heavy atom. The minimum atomic E-state index is -0.497. The Morgan fingerprint density at radius 2 is 2.03 bits per heavy atom. The summed E-state index contributed by atoms with van der Waals surface area (Å²) in [7, 11) is 3.76. The van der Waals surface area contributed by atoms with Gasteiger partial charge in [-0.25, -0.2) is 14.2 Å². The summed E-state index contributed by atoms with van der Waals surface area (Å²) in [5.74, 6) is 0.555. The molecule has 1 atom stereocenters. The number of likely N-dealkylation sites (N-methyl/N-ethyl adjacent to an activating group) is 1. The molecule has 0 spiro atoms. The quantitative estimate of drug-likeness (QED) is 0.173. The van der Waals surface area contributed by atoms with E-state index in [0.29, 0.717) is 36.5 Å². The van der Waals surface area contributed by atoms with Crippen LogP contribution in [0.5, 0.6) is 0 Å². The van der Waals surface area contributed by atoms with E-state index in [9.17, 15) is 9.18 Å². The molecule has 8 nitrogen and oxygen atoms in total.